The van der Waals surface area contributed by atoms with Crippen molar-refractivity contribution in [3.05, 3.63) is 40.4 Å². The van der Waals surface area contributed by atoms with Crippen molar-refractivity contribution in [2.45, 2.75) is 38.6 Å². The number of halogens is 2. The Kier molecular flexibility index (Phi) is 5.26. The summed E-state index contributed by atoms with van der Waals surface area (Å²) in [4.78, 5) is 24.8. The quantitative estimate of drug-likeness (QED) is 0.807. The van der Waals surface area contributed by atoms with E-state index in [4.69, 9.17) is 0 Å². The van der Waals surface area contributed by atoms with E-state index in [2.05, 4.69) is 20.8 Å². The lowest BCUT2D eigenvalue weighted by Gasteiger charge is -2.21. The van der Waals surface area contributed by atoms with Crippen LogP contribution in [0.3, 0.4) is 0 Å². The van der Waals surface area contributed by atoms with Crippen LogP contribution >= 0.6 is 11.3 Å². The fourth-order valence-corrected chi connectivity index (χ4v) is 3.34. The zero-order chi connectivity index (χ0) is 18.8. The number of amides is 2. The minimum absolute atomic E-state index is 0.301. The molecule has 9 heteroatoms. The number of hydrogen-bond acceptors (Lipinski definition) is 5. The number of aromatic nitrogens is 2. The van der Waals surface area contributed by atoms with Gasteiger partial charge in [-0.25, -0.2) is 8.78 Å². The molecule has 1 aliphatic carbocycles. The smallest absolute Gasteiger partial charge is 0.257 e. The summed E-state index contributed by atoms with van der Waals surface area (Å²) >= 11 is 1.29. The summed E-state index contributed by atoms with van der Waals surface area (Å²) in [7, 11) is 0. The molecule has 2 amide bonds. The molecule has 138 valence electrons. The molecule has 2 N–H and O–H groups in total. The highest BCUT2D eigenvalue weighted by molar-refractivity contribution is 7.15. The van der Waals surface area contributed by atoms with E-state index in [1.807, 2.05) is 0 Å². The molecule has 1 unspecified atom stereocenters. The molecular formula is C17H18F2N4O2S. The summed E-state index contributed by atoms with van der Waals surface area (Å²) in [6.45, 7) is 3.44. The maximum Gasteiger partial charge on any atom is 0.257 e. The second kappa shape index (κ2) is 7.45. The van der Waals surface area contributed by atoms with Gasteiger partial charge in [0.1, 0.15) is 28.2 Å². The molecule has 1 heterocycles. The van der Waals surface area contributed by atoms with Gasteiger partial charge in [-0.3, -0.25) is 14.9 Å². The van der Waals surface area contributed by atoms with Gasteiger partial charge in [0, 0.05) is 5.92 Å². The van der Waals surface area contributed by atoms with E-state index in [0.717, 1.165) is 30.0 Å². The van der Waals surface area contributed by atoms with Crippen molar-refractivity contribution >= 4 is 28.3 Å². The summed E-state index contributed by atoms with van der Waals surface area (Å²) < 4.78 is 27.5. The van der Waals surface area contributed by atoms with Crippen LogP contribution in [0.5, 0.6) is 0 Å². The highest BCUT2D eigenvalue weighted by Crippen LogP contribution is 2.42. The maximum atomic E-state index is 13.8. The van der Waals surface area contributed by atoms with Gasteiger partial charge in [-0.15, -0.1) is 10.2 Å². The molecule has 1 aromatic carbocycles. The van der Waals surface area contributed by atoms with Gasteiger partial charge in [0.25, 0.3) is 5.91 Å². The van der Waals surface area contributed by atoms with Crippen LogP contribution in [-0.2, 0) is 4.79 Å². The molecule has 2 aromatic rings. The average Bonchev–Trinajstić information content (AvgIpc) is 3.32. The first-order chi connectivity index (χ1) is 12.4. The summed E-state index contributed by atoms with van der Waals surface area (Å²) in [5.41, 5.74) is -0.710. The molecule has 1 aromatic heterocycles. The van der Waals surface area contributed by atoms with Crippen LogP contribution in [-0.4, -0.2) is 28.1 Å². The second-order valence-electron chi connectivity index (χ2n) is 6.50. The van der Waals surface area contributed by atoms with Crippen molar-refractivity contribution in [3.8, 4) is 0 Å². The van der Waals surface area contributed by atoms with Gasteiger partial charge in [-0.2, -0.15) is 0 Å². The first-order valence-electron chi connectivity index (χ1n) is 8.26. The fraction of sp³-hybridized carbons (Fsp3) is 0.412. The predicted octanol–water partition coefficient (Wildman–Crippen LogP) is 3.09. The van der Waals surface area contributed by atoms with E-state index in [0.29, 0.717) is 11.0 Å². The summed E-state index contributed by atoms with van der Waals surface area (Å²) in [5.74, 6) is -3.34. The van der Waals surface area contributed by atoms with Gasteiger partial charge in [-0.1, -0.05) is 31.3 Å². The van der Waals surface area contributed by atoms with Crippen molar-refractivity contribution in [2.75, 3.05) is 5.32 Å². The number of anilines is 1. The predicted molar refractivity (Wildman–Crippen MR) is 93.0 cm³/mol. The molecule has 0 radical (unpaired) electrons. The second-order valence-corrected chi connectivity index (χ2v) is 7.51. The Balaban J connectivity index is 1.71. The number of rotatable bonds is 6. The number of carbonyl (C=O) groups is 2. The number of benzene rings is 1. The first kappa shape index (κ1) is 18.4. The third-order valence-electron chi connectivity index (χ3n) is 4.02. The molecule has 26 heavy (non-hydrogen) atoms. The molecule has 3 rings (SSSR count). The lowest BCUT2D eigenvalue weighted by Crippen LogP contribution is -2.47. The van der Waals surface area contributed by atoms with Crippen molar-refractivity contribution in [3.63, 3.8) is 0 Å². The van der Waals surface area contributed by atoms with E-state index in [9.17, 15) is 18.4 Å². The molecule has 6 nitrogen and oxygen atoms in total. The summed E-state index contributed by atoms with van der Waals surface area (Å²) in [6, 6.07) is 2.17. The first-order valence-corrected chi connectivity index (χ1v) is 9.07. The number of nitrogens with one attached hydrogen (secondary N) is 2. The van der Waals surface area contributed by atoms with Gasteiger partial charge < -0.3 is 5.32 Å². The molecule has 1 saturated carbocycles. The Morgan fingerprint density at radius 2 is 1.85 bits per heavy atom. The average molecular weight is 380 g/mol. The van der Waals surface area contributed by atoms with Gasteiger partial charge >= 0.3 is 0 Å². The molecule has 0 spiro atoms. The van der Waals surface area contributed by atoms with Gasteiger partial charge in [0.05, 0.1) is 0 Å². The Labute approximate surface area is 153 Å². The standard InChI is InChI=1S/C17H18F2N4O2S/c1-8(2)13(20-14(24)12-10(18)4-3-5-11(12)19)15(25)21-17-23-22-16(26-17)9-6-7-9/h3-5,8-9,13H,6-7H2,1-2H3,(H,20,24)(H,21,23,25). The summed E-state index contributed by atoms with van der Waals surface area (Å²) in [6.07, 6.45) is 2.14. The highest BCUT2D eigenvalue weighted by Gasteiger charge is 2.30. The largest absolute Gasteiger partial charge is 0.340 e. The summed E-state index contributed by atoms with van der Waals surface area (Å²) in [5, 5.41) is 14.2. The van der Waals surface area contributed by atoms with E-state index < -0.39 is 35.1 Å². The van der Waals surface area contributed by atoms with Gasteiger partial charge in [0.2, 0.25) is 11.0 Å². The van der Waals surface area contributed by atoms with Crippen molar-refractivity contribution in [1.29, 1.82) is 0 Å². The Hall–Kier alpha value is -2.42. The monoisotopic (exact) mass is 380 g/mol. The van der Waals surface area contributed by atoms with Crippen LogP contribution in [0.25, 0.3) is 0 Å². The van der Waals surface area contributed by atoms with E-state index in [1.165, 1.54) is 17.4 Å². The number of nitrogens with zero attached hydrogens (tertiary/aromatic N) is 2. The third kappa shape index (κ3) is 4.04. The van der Waals surface area contributed by atoms with Crippen LogP contribution < -0.4 is 10.6 Å². The normalized spacial score (nSPS) is 15.0. The maximum absolute atomic E-state index is 13.8. The van der Waals surface area contributed by atoms with Crippen LogP contribution in [0, 0.1) is 17.6 Å². The number of hydrogen-bond donors (Lipinski definition) is 2. The highest BCUT2D eigenvalue weighted by atomic mass is 32.1. The number of carbonyl (C=O) groups excluding carboxylic acids is 2. The van der Waals surface area contributed by atoms with Crippen LogP contribution in [0.1, 0.15) is 48.0 Å². The van der Waals surface area contributed by atoms with Gasteiger partial charge in [-0.05, 0) is 30.9 Å². The van der Waals surface area contributed by atoms with Crippen LogP contribution in [0.15, 0.2) is 18.2 Å². The van der Waals surface area contributed by atoms with Crippen molar-refractivity contribution in [1.82, 2.24) is 15.5 Å². The molecule has 0 saturated heterocycles. The molecule has 0 aliphatic heterocycles. The van der Waals surface area contributed by atoms with Crippen LogP contribution in [0.2, 0.25) is 0 Å². The third-order valence-corrected chi connectivity index (χ3v) is 5.02. The van der Waals surface area contributed by atoms with Crippen molar-refractivity contribution < 1.29 is 18.4 Å². The van der Waals surface area contributed by atoms with E-state index in [-0.39, 0.29) is 5.92 Å². The fourth-order valence-electron chi connectivity index (χ4n) is 2.43. The molecule has 0 bridgehead atoms. The lowest BCUT2D eigenvalue weighted by atomic mass is 10.0. The van der Waals surface area contributed by atoms with Crippen LogP contribution in [0.4, 0.5) is 13.9 Å². The minimum atomic E-state index is -0.983. The Bertz CT molecular complexity index is 816. The Morgan fingerprint density at radius 1 is 1.19 bits per heavy atom. The minimum Gasteiger partial charge on any atom is -0.340 e. The Morgan fingerprint density at radius 3 is 2.42 bits per heavy atom. The van der Waals surface area contributed by atoms with E-state index >= 15 is 0 Å². The SMILES string of the molecule is CC(C)C(NC(=O)c1c(F)cccc1F)C(=O)Nc1nnc(C2CC2)s1. The van der Waals surface area contributed by atoms with Gasteiger partial charge in [0.15, 0.2) is 0 Å². The lowest BCUT2D eigenvalue weighted by molar-refractivity contribution is -0.118. The molecular weight excluding hydrogens is 362 g/mol. The zero-order valence-electron chi connectivity index (χ0n) is 14.3. The molecule has 1 atom stereocenters. The zero-order valence-corrected chi connectivity index (χ0v) is 15.1. The molecule has 1 fully saturated rings. The molecule has 1 aliphatic rings. The topological polar surface area (TPSA) is 84.0 Å². The van der Waals surface area contributed by atoms with E-state index in [1.54, 1.807) is 13.8 Å². The van der Waals surface area contributed by atoms with Crippen molar-refractivity contribution in [2.24, 2.45) is 5.92 Å².